The fourth-order valence-electron chi connectivity index (χ4n) is 4.21. The Morgan fingerprint density at radius 3 is 2.76 bits per heavy atom. The standard InChI is InChI=1S/C21H23N5O3/c1-27-17-7-5-6-15(12-17)22-21(10-3-2-4-11-21)20-23-24-25-26(20)16-8-9-18-19(13-16)29-14-28-18/h5-9,12-13,22H,2-4,10-11,14H2,1H3. The van der Waals surface area contributed by atoms with Crippen molar-refractivity contribution in [3.05, 3.63) is 48.3 Å². The molecule has 1 aromatic heterocycles. The first kappa shape index (κ1) is 17.8. The van der Waals surface area contributed by atoms with E-state index >= 15 is 0 Å². The highest BCUT2D eigenvalue weighted by atomic mass is 16.7. The summed E-state index contributed by atoms with van der Waals surface area (Å²) in [7, 11) is 1.68. The molecule has 0 bridgehead atoms. The molecule has 2 aliphatic rings. The van der Waals surface area contributed by atoms with Gasteiger partial charge in [-0.25, -0.2) is 0 Å². The highest BCUT2D eigenvalue weighted by Crippen LogP contribution is 2.41. The Labute approximate surface area is 168 Å². The third kappa shape index (κ3) is 3.24. The van der Waals surface area contributed by atoms with E-state index in [-0.39, 0.29) is 12.3 Å². The molecule has 1 saturated carbocycles. The van der Waals surface area contributed by atoms with Crippen molar-refractivity contribution in [3.63, 3.8) is 0 Å². The van der Waals surface area contributed by atoms with Crippen LogP contribution in [0.3, 0.4) is 0 Å². The van der Waals surface area contributed by atoms with Crippen LogP contribution in [0.25, 0.3) is 5.69 Å². The normalized spacial score (nSPS) is 17.1. The molecule has 1 aliphatic heterocycles. The van der Waals surface area contributed by atoms with Crippen molar-refractivity contribution in [2.24, 2.45) is 0 Å². The predicted molar refractivity (Wildman–Crippen MR) is 107 cm³/mol. The van der Waals surface area contributed by atoms with Crippen LogP contribution in [0.1, 0.15) is 37.9 Å². The molecule has 3 aromatic rings. The van der Waals surface area contributed by atoms with Crippen molar-refractivity contribution < 1.29 is 14.2 Å². The van der Waals surface area contributed by atoms with Crippen LogP contribution in [0.4, 0.5) is 5.69 Å². The Morgan fingerprint density at radius 1 is 1.03 bits per heavy atom. The molecular weight excluding hydrogens is 370 g/mol. The van der Waals surface area contributed by atoms with Crippen LogP contribution in [0.15, 0.2) is 42.5 Å². The number of tetrazole rings is 1. The molecule has 1 fully saturated rings. The molecule has 1 aliphatic carbocycles. The van der Waals surface area contributed by atoms with E-state index < -0.39 is 0 Å². The third-order valence-electron chi connectivity index (χ3n) is 5.66. The first-order valence-electron chi connectivity index (χ1n) is 9.89. The Kier molecular flexibility index (Phi) is 4.46. The molecule has 2 aromatic carbocycles. The zero-order chi connectivity index (χ0) is 19.7. The number of ether oxygens (including phenoxy) is 3. The summed E-state index contributed by atoms with van der Waals surface area (Å²) in [6.07, 6.45) is 5.35. The number of fused-ring (bicyclic) bond motifs is 1. The summed E-state index contributed by atoms with van der Waals surface area (Å²) in [6, 6.07) is 13.7. The van der Waals surface area contributed by atoms with Gasteiger partial charge in [-0.3, -0.25) is 0 Å². The topological polar surface area (TPSA) is 83.3 Å². The highest BCUT2D eigenvalue weighted by Gasteiger charge is 2.39. The van der Waals surface area contributed by atoms with E-state index in [9.17, 15) is 0 Å². The van der Waals surface area contributed by atoms with Gasteiger partial charge in [0, 0.05) is 17.8 Å². The smallest absolute Gasteiger partial charge is 0.231 e. The lowest BCUT2D eigenvalue weighted by Gasteiger charge is -2.37. The number of nitrogens with zero attached hydrogens (tertiary/aromatic N) is 4. The first-order chi connectivity index (χ1) is 14.3. The Balaban J connectivity index is 1.55. The quantitative estimate of drug-likeness (QED) is 0.708. The third-order valence-corrected chi connectivity index (χ3v) is 5.66. The average Bonchev–Trinajstić information content (AvgIpc) is 3.44. The van der Waals surface area contributed by atoms with Crippen LogP contribution in [-0.4, -0.2) is 34.1 Å². The highest BCUT2D eigenvalue weighted by molar-refractivity contribution is 5.53. The maximum atomic E-state index is 5.54. The van der Waals surface area contributed by atoms with Gasteiger partial charge >= 0.3 is 0 Å². The number of aromatic nitrogens is 4. The van der Waals surface area contributed by atoms with Gasteiger partial charge in [0.05, 0.1) is 18.3 Å². The Bertz CT molecular complexity index is 1010. The van der Waals surface area contributed by atoms with Gasteiger partial charge in [-0.05, 0) is 47.5 Å². The zero-order valence-corrected chi connectivity index (χ0v) is 16.3. The molecule has 1 N–H and O–H groups in total. The van der Waals surface area contributed by atoms with Crippen LogP contribution in [0.2, 0.25) is 0 Å². The number of nitrogens with one attached hydrogen (secondary N) is 1. The number of hydrogen-bond acceptors (Lipinski definition) is 7. The summed E-state index contributed by atoms with van der Waals surface area (Å²) >= 11 is 0. The van der Waals surface area contributed by atoms with Crippen LogP contribution >= 0.6 is 0 Å². The predicted octanol–water partition coefficient (Wildman–Crippen LogP) is 3.67. The maximum absolute atomic E-state index is 5.54. The molecule has 0 saturated heterocycles. The van der Waals surface area contributed by atoms with Crippen LogP contribution < -0.4 is 19.5 Å². The van der Waals surface area contributed by atoms with Crippen molar-refractivity contribution >= 4 is 5.69 Å². The fraction of sp³-hybridized carbons (Fsp3) is 0.381. The van der Waals surface area contributed by atoms with Crippen molar-refractivity contribution in [3.8, 4) is 22.9 Å². The van der Waals surface area contributed by atoms with Gasteiger partial charge in [0.1, 0.15) is 5.75 Å². The van der Waals surface area contributed by atoms with Crippen LogP contribution in [-0.2, 0) is 5.54 Å². The van der Waals surface area contributed by atoms with Crippen molar-refractivity contribution in [1.82, 2.24) is 20.2 Å². The van der Waals surface area contributed by atoms with Gasteiger partial charge in [-0.2, -0.15) is 4.68 Å². The molecule has 8 heteroatoms. The fourth-order valence-corrected chi connectivity index (χ4v) is 4.21. The number of methoxy groups -OCH3 is 1. The minimum atomic E-state index is -0.357. The largest absolute Gasteiger partial charge is 0.497 e. The van der Waals surface area contributed by atoms with E-state index in [2.05, 4.69) is 20.8 Å². The molecular formula is C21H23N5O3. The molecule has 0 unspecified atom stereocenters. The van der Waals surface area contributed by atoms with E-state index in [1.54, 1.807) is 11.8 Å². The zero-order valence-electron chi connectivity index (χ0n) is 16.3. The van der Waals surface area contributed by atoms with E-state index in [0.717, 1.165) is 54.4 Å². The Hall–Kier alpha value is -3.29. The van der Waals surface area contributed by atoms with E-state index in [4.69, 9.17) is 14.2 Å². The van der Waals surface area contributed by atoms with Gasteiger partial charge in [0.2, 0.25) is 6.79 Å². The van der Waals surface area contributed by atoms with E-state index in [1.807, 2.05) is 42.5 Å². The number of anilines is 1. The first-order valence-corrected chi connectivity index (χ1v) is 9.89. The molecule has 2 heterocycles. The lowest BCUT2D eigenvalue weighted by Crippen LogP contribution is -2.40. The molecule has 150 valence electrons. The summed E-state index contributed by atoms with van der Waals surface area (Å²) < 4.78 is 18.2. The molecule has 0 amide bonds. The molecule has 0 atom stereocenters. The van der Waals surface area contributed by atoms with Gasteiger partial charge in [-0.15, -0.1) is 5.10 Å². The summed E-state index contributed by atoms with van der Waals surface area (Å²) in [5, 5.41) is 16.5. The summed E-state index contributed by atoms with van der Waals surface area (Å²) in [5.74, 6) is 3.07. The number of hydrogen-bond donors (Lipinski definition) is 1. The van der Waals surface area contributed by atoms with E-state index in [0.29, 0.717) is 5.75 Å². The summed E-state index contributed by atoms with van der Waals surface area (Å²) in [6.45, 7) is 0.239. The second-order valence-corrected chi connectivity index (χ2v) is 7.45. The molecule has 8 nitrogen and oxygen atoms in total. The molecule has 0 radical (unpaired) electrons. The molecule has 29 heavy (non-hydrogen) atoms. The number of rotatable bonds is 5. The van der Waals surface area contributed by atoms with Crippen LogP contribution in [0.5, 0.6) is 17.2 Å². The van der Waals surface area contributed by atoms with Gasteiger partial charge in [-0.1, -0.05) is 25.3 Å². The lowest BCUT2D eigenvalue weighted by atomic mass is 9.80. The minimum absolute atomic E-state index is 0.239. The van der Waals surface area contributed by atoms with Gasteiger partial charge in [0.25, 0.3) is 0 Å². The Morgan fingerprint density at radius 2 is 1.90 bits per heavy atom. The van der Waals surface area contributed by atoms with E-state index in [1.165, 1.54) is 6.42 Å². The van der Waals surface area contributed by atoms with Crippen molar-refractivity contribution in [1.29, 1.82) is 0 Å². The SMILES string of the molecule is COc1cccc(NC2(c3nnnn3-c3ccc4c(c3)OCO4)CCCCC2)c1. The lowest BCUT2D eigenvalue weighted by molar-refractivity contribution is 0.174. The van der Waals surface area contributed by atoms with Crippen molar-refractivity contribution in [2.75, 3.05) is 19.2 Å². The van der Waals surface area contributed by atoms with Gasteiger partial charge < -0.3 is 19.5 Å². The number of benzene rings is 2. The summed E-state index contributed by atoms with van der Waals surface area (Å²) in [4.78, 5) is 0. The van der Waals surface area contributed by atoms with Crippen LogP contribution in [0, 0.1) is 0 Å². The van der Waals surface area contributed by atoms with Gasteiger partial charge in [0.15, 0.2) is 17.3 Å². The molecule has 0 spiro atoms. The van der Waals surface area contributed by atoms with Crippen molar-refractivity contribution in [2.45, 2.75) is 37.6 Å². The monoisotopic (exact) mass is 393 g/mol. The summed E-state index contributed by atoms with van der Waals surface area (Å²) in [5.41, 5.74) is 1.49. The second-order valence-electron chi connectivity index (χ2n) is 7.45. The average molecular weight is 393 g/mol. The molecule has 5 rings (SSSR count). The maximum Gasteiger partial charge on any atom is 0.231 e. The minimum Gasteiger partial charge on any atom is -0.497 e. The second kappa shape index (κ2) is 7.27.